The second-order valence-corrected chi connectivity index (χ2v) is 8.24. The van der Waals surface area contributed by atoms with E-state index in [1.807, 2.05) is 16.2 Å². The van der Waals surface area contributed by atoms with E-state index in [4.69, 9.17) is 0 Å². The molecule has 0 spiro atoms. The topological polar surface area (TPSA) is 23.6 Å². The normalized spacial score (nSPS) is 17.6. The Morgan fingerprint density at radius 1 is 1.14 bits per heavy atom. The van der Waals surface area contributed by atoms with Gasteiger partial charge in [0.15, 0.2) is 0 Å². The summed E-state index contributed by atoms with van der Waals surface area (Å²) in [5.74, 6) is 0.0828. The van der Waals surface area contributed by atoms with Crippen LogP contribution in [0.25, 0.3) is 0 Å². The Morgan fingerprint density at radius 2 is 1.86 bits per heavy atom. The summed E-state index contributed by atoms with van der Waals surface area (Å²) in [4.78, 5) is 18.1. The fraction of sp³-hybridized carbons (Fsp3) is 0.450. The maximum absolute atomic E-state index is 12.6. The van der Waals surface area contributed by atoms with Gasteiger partial charge in [-0.1, -0.05) is 12.1 Å². The van der Waals surface area contributed by atoms with Crippen LogP contribution in [0.5, 0.6) is 0 Å². The first-order valence-electron chi connectivity index (χ1n) is 9.13. The van der Waals surface area contributed by atoms with E-state index >= 15 is 0 Å². The van der Waals surface area contributed by atoms with Gasteiger partial charge in [-0.05, 0) is 47.5 Å². The number of thiophene rings is 1. The molecule has 1 saturated heterocycles. The number of benzene rings is 1. The van der Waals surface area contributed by atoms with Crippen LogP contribution in [0.1, 0.15) is 28.0 Å². The van der Waals surface area contributed by atoms with Crippen molar-refractivity contribution in [3.05, 3.63) is 57.3 Å². The third kappa shape index (κ3) is 4.53. The third-order valence-electron chi connectivity index (χ3n) is 5.48. The Kier molecular flexibility index (Phi) is 6.37. The molecule has 1 aromatic carbocycles. The van der Waals surface area contributed by atoms with Crippen molar-refractivity contribution in [3.8, 4) is 0 Å². The number of hydrogen-bond donors (Lipinski definition) is 0. The van der Waals surface area contributed by atoms with E-state index in [9.17, 15) is 18.0 Å². The van der Waals surface area contributed by atoms with Crippen LogP contribution < -0.4 is 0 Å². The summed E-state index contributed by atoms with van der Waals surface area (Å²) in [6, 6.07) is 7.69. The predicted octanol–water partition coefficient (Wildman–Crippen LogP) is 4.39. The average molecular weight is 431 g/mol. The molecule has 2 aromatic rings. The predicted molar refractivity (Wildman–Crippen MR) is 106 cm³/mol. The van der Waals surface area contributed by atoms with E-state index in [-0.39, 0.29) is 18.3 Å². The summed E-state index contributed by atoms with van der Waals surface area (Å²) in [5.41, 5.74) is 1.52. The molecule has 1 aromatic heterocycles. The molecule has 0 aliphatic carbocycles. The van der Waals surface area contributed by atoms with E-state index in [0.717, 1.165) is 50.3 Å². The van der Waals surface area contributed by atoms with Crippen LogP contribution in [-0.2, 0) is 30.4 Å². The van der Waals surface area contributed by atoms with Gasteiger partial charge in [0.05, 0.1) is 5.56 Å². The molecule has 2 aliphatic heterocycles. The van der Waals surface area contributed by atoms with Gasteiger partial charge < -0.3 is 4.90 Å². The minimum Gasteiger partial charge on any atom is -0.339 e. The van der Waals surface area contributed by atoms with E-state index in [0.29, 0.717) is 18.9 Å². The summed E-state index contributed by atoms with van der Waals surface area (Å²) < 4.78 is 37.7. The van der Waals surface area contributed by atoms with Crippen molar-refractivity contribution in [3.63, 3.8) is 0 Å². The Morgan fingerprint density at radius 3 is 2.54 bits per heavy atom. The lowest BCUT2D eigenvalue weighted by Gasteiger charge is -2.46. The van der Waals surface area contributed by atoms with E-state index in [1.165, 1.54) is 22.6 Å². The van der Waals surface area contributed by atoms with Crippen molar-refractivity contribution in [2.75, 3.05) is 19.6 Å². The number of fused-ring (bicyclic) bond motifs is 1. The van der Waals surface area contributed by atoms with E-state index < -0.39 is 11.7 Å². The Bertz CT molecular complexity index is 816. The smallest absolute Gasteiger partial charge is 0.339 e. The highest BCUT2D eigenvalue weighted by Crippen LogP contribution is 2.30. The maximum Gasteiger partial charge on any atom is 0.416 e. The molecule has 0 unspecified atom stereocenters. The zero-order chi connectivity index (χ0) is 19.0. The number of halogens is 4. The minimum absolute atomic E-state index is 0. The zero-order valence-electron chi connectivity index (χ0n) is 15.2. The third-order valence-corrected chi connectivity index (χ3v) is 6.50. The van der Waals surface area contributed by atoms with Gasteiger partial charge >= 0.3 is 6.18 Å². The van der Waals surface area contributed by atoms with Gasteiger partial charge in [0.2, 0.25) is 5.91 Å². The van der Waals surface area contributed by atoms with Crippen LogP contribution in [-0.4, -0.2) is 41.4 Å². The molecule has 4 rings (SSSR count). The van der Waals surface area contributed by atoms with Crippen molar-refractivity contribution in [1.82, 2.24) is 9.80 Å². The molecule has 28 heavy (non-hydrogen) atoms. The maximum atomic E-state index is 12.6. The standard InChI is InChI=1S/C20H21F3N2OS.ClH/c21-20(22,23)16-4-1-14(2-5-16)3-6-19(26)25-12-17(13-25)24-9-7-18-15(11-24)8-10-27-18;/h1-2,4-5,8,10,17H,3,6-7,9,11-13H2;1H. The lowest BCUT2D eigenvalue weighted by molar-refractivity contribution is -0.139. The summed E-state index contributed by atoms with van der Waals surface area (Å²) in [6.45, 7) is 3.53. The molecule has 2 aliphatic rings. The number of carbonyl (C=O) groups is 1. The van der Waals surface area contributed by atoms with E-state index in [2.05, 4.69) is 16.3 Å². The second-order valence-electron chi connectivity index (χ2n) is 7.24. The zero-order valence-corrected chi connectivity index (χ0v) is 16.9. The average Bonchev–Trinajstić information content (AvgIpc) is 3.06. The summed E-state index contributed by atoms with van der Waals surface area (Å²) >= 11 is 1.82. The quantitative estimate of drug-likeness (QED) is 0.718. The summed E-state index contributed by atoms with van der Waals surface area (Å²) in [5, 5.41) is 2.14. The van der Waals surface area contributed by atoms with Crippen molar-refractivity contribution in [2.24, 2.45) is 0 Å². The summed E-state index contributed by atoms with van der Waals surface area (Å²) in [7, 11) is 0. The van der Waals surface area contributed by atoms with Crippen molar-refractivity contribution in [1.29, 1.82) is 0 Å². The minimum atomic E-state index is -4.32. The second kappa shape index (κ2) is 8.43. The Balaban J connectivity index is 0.00000225. The lowest BCUT2D eigenvalue weighted by atomic mass is 10.0. The molecule has 0 bridgehead atoms. The molecule has 3 heterocycles. The fourth-order valence-electron chi connectivity index (χ4n) is 3.74. The van der Waals surface area contributed by atoms with Gasteiger partial charge in [0.1, 0.15) is 0 Å². The number of aryl methyl sites for hydroxylation is 1. The first kappa shape index (κ1) is 21.1. The first-order chi connectivity index (χ1) is 12.9. The van der Waals surface area contributed by atoms with Crippen LogP contribution in [0.3, 0.4) is 0 Å². The number of amides is 1. The molecule has 1 fully saturated rings. The SMILES string of the molecule is Cl.O=C(CCc1ccc(C(F)(F)F)cc1)N1CC(N2CCc3sccc3C2)C1. The molecular formula is C20H22ClF3N2OS. The molecule has 0 saturated carbocycles. The van der Waals surface area contributed by atoms with Crippen molar-refractivity contribution in [2.45, 2.75) is 38.0 Å². The van der Waals surface area contributed by atoms with Crippen LogP contribution in [0, 0.1) is 0 Å². The molecule has 3 nitrogen and oxygen atoms in total. The first-order valence-corrected chi connectivity index (χ1v) is 10.0. The van der Waals surface area contributed by atoms with Gasteiger partial charge in [-0.15, -0.1) is 23.7 Å². The number of carbonyl (C=O) groups excluding carboxylic acids is 1. The highest BCUT2D eigenvalue weighted by molar-refractivity contribution is 7.10. The lowest BCUT2D eigenvalue weighted by Crippen LogP contribution is -2.61. The van der Waals surface area contributed by atoms with Gasteiger partial charge in [-0.25, -0.2) is 0 Å². The molecule has 8 heteroatoms. The number of alkyl halides is 3. The largest absolute Gasteiger partial charge is 0.416 e. The molecule has 152 valence electrons. The van der Waals surface area contributed by atoms with Crippen LogP contribution in [0.15, 0.2) is 35.7 Å². The van der Waals surface area contributed by atoms with Gasteiger partial charge in [-0.2, -0.15) is 13.2 Å². The number of hydrogen-bond acceptors (Lipinski definition) is 3. The monoisotopic (exact) mass is 430 g/mol. The molecule has 0 radical (unpaired) electrons. The van der Waals surface area contributed by atoms with Crippen LogP contribution >= 0.6 is 23.7 Å². The fourth-order valence-corrected chi connectivity index (χ4v) is 4.63. The Labute approximate surface area is 172 Å². The van der Waals surface area contributed by atoms with Crippen LogP contribution in [0.4, 0.5) is 13.2 Å². The molecule has 0 N–H and O–H groups in total. The number of likely N-dealkylation sites (tertiary alicyclic amines) is 1. The number of rotatable bonds is 4. The van der Waals surface area contributed by atoms with Crippen molar-refractivity contribution >= 4 is 29.7 Å². The number of nitrogens with zero attached hydrogens (tertiary/aromatic N) is 2. The van der Waals surface area contributed by atoms with Crippen LogP contribution in [0.2, 0.25) is 0 Å². The Hall–Kier alpha value is -1.57. The van der Waals surface area contributed by atoms with Crippen molar-refractivity contribution < 1.29 is 18.0 Å². The molecule has 1 amide bonds. The highest BCUT2D eigenvalue weighted by Gasteiger charge is 2.36. The van der Waals surface area contributed by atoms with Gasteiger partial charge in [0, 0.05) is 43.5 Å². The van der Waals surface area contributed by atoms with Gasteiger partial charge in [-0.3, -0.25) is 9.69 Å². The molecular weight excluding hydrogens is 409 g/mol. The summed E-state index contributed by atoms with van der Waals surface area (Å²) in [6.07, 6.45) is -2.42. The van der Waals surface area contributed by atoms with E-state index in [1.54, 1.807) is 0 Å². The molecule has 0 atom stereocenters. The highest BCUT2D eigenvalue weighted by atomic mass is 35.5. The van der Waals surface area contributed by atoms with Gasteiger partial charge in [0.25, 0.3) is 0 Å².